The van der Waals surface area contributed by atoms with Crippen molar-refractivity contribution in [2.45, 2.75) is 59.7 Å². The van der Waals surface area contributed by atoms with Crippen molar-refractivity contribution in [2.75, 3.05) is 11.4 Å². The minimum absolute atomic E-state index is 0.493. The Hall–Kier alpha value is -1.09. The number of anilines is 1. The van der Waals surface area contributed by atoms with Gasteiger partial charge in [0.15, 0.2) is 0 Å². The number of aromatic nitrogens is 1. The third-order valence-corrected chi connectivity index (χ3v) is 2.91. The molecule has 0 fully saturated rings. The smallest absolute Gasteiger partial charge is 0.0562 e. The second kappa shape index (κ2) is 7.37. The molecule has 3 nitrogen and oxygen atoms in total. The van der Waals surface area contributed by atoms with Gasteiger partial charge in [-0.15, -0.1) is 0 Å². The molecule has 0 atom stereocenters. The third-order valence-electron chi connectivity index (χ3n) is 2.91. The van der Waals surface area contributed by atoms with E-state index in [2.05, 4.69) is 62.0 Å². The molecule has 1 N–H and O–H groups in total. The summed E-state index contributed by atoms with van der Waals surface area (Å²) in [5.41, 5.74) is 2.39. The molecule has 18 heavy (non-hydrogen) atoms. The summed E-state index contributed by atoms with van der Waals surface area (Å²) in [6, 6.07) is 5.32. The molecule has 0 aliphatic carbocycles. The lowest BCUT2D eigenvalue weighted by Gasteiger charge is -2.28. The maximum Gasteiger partial charge on any atom is 0.0562 e. The van der Waals surface area contributed by atoms with Gasteiger partial charge in [-0.3, -0.25) is 4.98 Å². The molecular weight excluding hydrogens is 222 g/mol. The van der Waals surface area contributed by atoms with Gasteiger partial charge < -0.3 is 10.2 Å². The van der Waals surface area contributed by atoms with E-state index in [1.165, 1.54) is 12.1 Å². The topological polar surface area (TPSA) is 28.2 Å². The Morgan fingerprint density at radius 2 is 2.00 bits per heavy atom. The van der Waals surface area contributed by atoms with E-state index in [0.29, 0.717) is 12.1 Å². The highest BCUT2D eigenvalue weighted by Gasteiger charge is 2.10. The van der Waals surface area contributed by atoms with Crippen molar-refractivity contribution in [1.29, 1.82) is 0 Å². The van der Waals surface area contributed by atoms with Crippen LogP contribution in [0.5, 0.6) is 0 Å². The SMILES string of the molecule is CCCN(c1ccnc(CNC(C)C)c1)C(C)C. The fourth-order valence-electron chi connectivity index (χ4n) is 1.98. The van der Waals surface area contributed by atoms with E-state index in [9.17, 15) is 0 Å². The Balaban J connectivity index is 2.78. The molecule has 1 heterocycles. The first kappa shape index (κ1) is 15.0. The second-order valence-electron chi connectivity index (χ2n) is 5.33. The van der Waals surface area contributed by atoms with Gasteiger partial charge >= 0.3 is 0 Å². The zero-order chi connectivity index (χ0) is 13.5. The van der Waals surface area contributed by atoms with Crippen LogP contribution in [0.4, 0.5) is 5.69 Å². The van der Waals surface area contributed by atoms with Crippen LogP contribution in [-0.4, -0.2) is 23.6 Å². The molecule has 0 aromatic carbocycles. The number of pyridine rings is 1. The lowest BCUT2D eigenvalue weighted by molar-refractivity contribution is 0.581. The van der Waals surface area contributed by atoms with E-state index < -0.39 is 0 Å². The Labute approximate surface area is 112 Å². The summed E-state index contributed by atoms with van der Waals surface area (Å²) < 4.78 is 0. The van der Waals surface area contributed by atoms with Gasteiger partial charge in [0.2, 0.25) is 0 Å². The van der Waals surface area contributed by atoms with E-state index in [4.69, 9.17) is 0 Å². The molecule has 102 valence electrons. The summed E-state index contributed by atoms with van der Waals surface area (Å²) in [4.78, 5) is 6.86. The van der Waals surface area contributed by atoms with Crippen molar-refractivity contribution in [2.24, 2.45) is 0 Å². The molecular formula is C15H27N3. The van der Waals surface area contributed by atoms with Crippen LogP contribution in [0.15, 0.2) is 18.3 Å². The van der Waals surface area contributed by atoms with Crippen LogP contribution in [0.25, 0.3) is 0 Å². The zero-order valence-corrected chi connectivity index (χ0v) is 12.4. The molecule has 0 saturated carbocycles. The molecule has 0 unspecified atom stereocenters. The van der Waals surface area contributed by atoms with Gasteiger partial charge in [0.1, 0.15) is 0 Å². The van der Waals surface area contributed by atoms with Crippen LogP contribution in [0, 0.1) is 0 Å². The van der Waals surface area contributed by atoms with Crippen molar-refractivity contribution in [3.8, 4) is 0 Å². The molecule has 0 radical (unpaired) electrons. The number of rotatable bonds is 7. The van der Waals surface area contributed by atoms with Crippen molar-refractivity contribution < 1.29 is 0 Å². The van der Waals surface area contributed by atoms with Crippen molar-refractivity contribution >= 4 is 5.69 Å². The number of nitrogens with one attached hydrogen (secondary N) is 1. The van der Waals surface area contributed by atoms with E-state index >= 15 is 0 Å². The molecule has 1 aromatic heterocycles. The van der Waals surface area contributed by atoms with Gasteiger partial charge in [0.25, 0.3) is 0 Å². The fourth-order valence-corrected chi connectivity index (χ4v) is 1.98. The average Bonchev–Trinajstić information content (AvgIpc) is 2.33. The highest BCUT2D eigenvalue weighted by molar-refractivity contribution is 5.47. The van der Waals surface area contributed by atoms with Gasteiger partial charge in [-0.2, -0.15) is 0 Å². The van der Waals surface area contributed by atoms with Crippen LogP contribution in [-0.2, 0) is 6.54 Å². The minimum Gasteiger partial charge on any atom is -0.369 e. The first-order valence-corrected chi connectivity index (χ1v) is 6.99. The van der Waals surface area contributed by atoms with Crippen LogP contribution < -0.4 is 10.2 Å². The summed E-state index contributed by atoms with van der Waals surface area (Å²) in [7, 11) is 0. The van der Waals surface area contributed by atoms with Crippen molar-refractivity contribution in [3.05, 3.63) is 24.0 Å². The van der Waals surface area contributed by atoms with Crippen LogP contribution in [0.3, 0.4) is 0 Å². The number of hydrogen-bond acceptors (Lipinski definition) is 3. The van der Waals surface area contributed by atoms with Gasteiger partial charge in [0, 0.05) is 37.1 Å². The van der Waals surface area contributed by atoms with E-state index in [0.717, 1.165) is 18.8 Å². The lowest BCUT2D eigenvalue weighted by Crippen LogP contribution is -2.31. The molecule has 1 rings (SSSR count). The molecule has 3 heteroatoms. The van der Waals surface area contributed by atoms with Crippen molar-refractivity contribution in [1.82, 2.24) is 10.3 Å². The summed E-state index contributed by atoms with van der Waals surface area (Å²) in [6.07, 6.45) is 3.08. The van der Waals surface area contributed by atoms with Crippen molar-refractivity contribution in [3.63, 3.8) is 0 Å². The molecule has 0 saturated heterocycles. The molecule has 0 spiro atoms. The molecule has 1 aromatic rings. The van der Waals surface area contributed by atoms with Gasteiger partial charge in [-0.1, -0.05) is 20.8 Å². The third kappa shape index (κ3) is 4.65. The Morgan fingerprint density at radius 1 is 1.28 bits per heavy atom. The number of hydrogen-bond donors (Lipinski definition) is 1. The first-order chi connectivity index (χ1) is 8.54. The lowest BCUT2D eigenvalue weighted by atomic mass is 10.2. The van der Waals surface area contributed by atoms with E-state index in [1.807, 2.05) is 6.20 Å². The Kier molecular flexibility index (Phi) is 6.13. The fraction of sp³-hybridized carbons (Fsp3) is 0.667. The van der Waals surface area contributed by atoms with Gasteiger partial charge in [-0.05, 0) is 32.4 Å². The monoisotopic (exact) mass is 249 g/mol. The minimum atomic E-state index is 0.493. The normalized spacial score (nSPS) is 11.3. The maximum atomic E-state index is 4.42. The summed E-state index contributed by atoms with van der Waals surface area (Å²) in [6.45, 7) is 12.9. The highest BCUT2D eigenvalue weighted by Crippen LogP contribution is 2.17. The summed E-state index contributed by atoms with van der Waals surface area (Å²) >= 11 is 0. The van der Waals surface area contributed by atoms with E-state index in [-0.39, 0.29) is 0 Å². The molecule has 0 aliphatic rings. The predicted molar refractivity (Wildman–Crippen MR) is 79.0 cm³/mol. The number of nitrogens with zero attached hydrogens (tertiary/aromatic N) is 2. The second-order valence-corrected chi connectivity index (χ2v) is 5.33. The Morgan fingerprint density at radius 3 is 2.56 bits per heavy atom. The van der Waals surface area contributed by atoms with Crippen LogP contribution >= 0.6 is 0 Å². The first-order valence-electron chi connectivity index (χ1n) is 6.99. The molecule has 0 amide bonds. The van der Waals surface area contributed by atoms with E-state index in [1.54, 1.807) is 0 Å². The largest absolute Gasteiger partial charge is 0.369 e. The molecule has 0 aliphatic heterocycles. The standard InChI is InChI=1S/C15H27N3/c1-6-9-18(13(4)5)15-7-8-16-14(10-15)11-17-12(2)3/h7-8,10,12-13,17H,6,9,11H2,1-5H3. The zero-order valence-electron chi connectivity index (χ0n) is 12.4. The quantitative estimate of drug-likeness (QED) is 0.804. The molecule has 0 bridgehead atoms. The average molecular weight is 249 g/mol. The summed E-state index contributed by atoms with van der Waals surface area (Å²) in [5.74, 6) is 0. The Bertz CT molecular complexity index is 347. The maximum absolute atomic E-state index is 4.42. The van der Waals surface area contributed by atoms with Gasteiger partial charge in [-0.25, -0.2) is 0 Å². The highest BCUT2D eigenvalue weighted by atomic mass is 15.1. The van der Waals surface area contributed by atoms with Gasteiger partial charge in [0.05, 0.1) is 5.69 Å². The summed E-state index contributed by atoms with van der Waals surface area (Å²) in [5, 5.41) is 3.41. The van der Waals surface area contributed by atoms with Crippen LogP contribution in [0.1, 0.15) is 46.7 Å². The van der Waals surface area contributed by atoms with Crippen LogP contribution in [0.2, 0.25) is 0 Å². The predicted octanol–water partition coefficient (Wildman–Crippen LogP) is 3.20.